The number of aromatic nitrogens is 1. The van der Waals surface area contributed by atoms with E-state index in [2.05, 4.69) is 4.98 Å². The third kappa shape index (κ3) is 4.80. The van der Waals surface area contributed by atoms with Crippen LogP contribution in [0.25, 0.3) is 0 Å². The van der Waals surface area contributed by atoms with Crippen molar-refractivity contribution in [2.24, 2.45) is 5.73 Å². The summed E-state index contributed by atoms with van der Waals surface area (Å²) in [7, 11) is 0. The number of carboxylic acids is 1. The maximum atomic E-state index is 10.4. The van der Waals surface area contributed by atoms with E-state index in [-0.39, 0.29) is 0 Å². The van der Waals surface area contributed by atoms with E-state index in [9.17, 15) is 4.79 Å². The Kier molecular flexibility index (Phi) is 5.14. The largest absolute Gasteiger partial charge is 0.480 e. The number of hydrogen-bond acceptors (Lipinski definition) is 4. The molecule has 0 fully saturated rings. The molecule has 15 heavy (non-hydrogen) atoms. The number of pyridine rings is 1. The molecule has 1 rings (SSSR count). The Balaban J connectivity index is 2.15. The Morgan fingerprint density at radius 2 is 2.47 bits per heavy atom. The zero-order valence-electron chi connectivity index (χ0n) is 8.30. The molecule has 0 aliphatic carbocycles. The number of hydrogen-bond donors (Lipinski definition) is 2. The topological polar surface area (TPSA) is 76.2 Å². The first-order valence-corrected chi connectivity index (χ1v) is 5.80. The summed E-state index contributed by atoms with van der Waals surface area (Å²) >= 11 is 1.67. The number of nitrogens with two attached hydrogens (primary N) is 1. The van der Waals surface area contributed by atoms with Crippen molar-refractivity contribution < 1.29 is 9.90 Å². The first kappa shape index (κ1) is 12.0. The van der Waals surface area contributed by atoms with Gasteiger partial charge in [0.2, 0.25) is 0 Å². The second kappa shape index (κ2) is 6.42. The summed E-state index contributed by atoms with van der Waals surface area (Å²) in [4.78, 5) is 14.4. The van der Waals surface area contributed by atoms with E-state index in [1.807, 2.05) is 18.3 Å². The Labute approximate surface area is 92.9 Å². The van der Waals surface area contributed by atoms with Gasteiger partial charge in [0.15, 0.2) is 0 Å². The Morgan fingerprint density at radius 3 is 3.07 bits per heavy atom. The minimum Gasteiger partial charge on any atom is -0.480 e. The van der Waals surface area contributed by atoms with Crippen molar-refractivity contribution >= 4 is 17.7 Å². The zero-order valence-corrected chi connectivity index (χ0v) is 9.11. The normalized spacial score (nSPS) is 12.3. The van der Waals surface area contributed by atoms with Crippen LogP contribution >= 0.6 is 11.8 Å². The number of carbonyl (C=O) groups is 1. The molecule has 0 spiro atoms. The van der Waals surface area contributed by atoms with Gasteiger partial charge in [-0.2, -0.15) is 11.8 Å². The Morgan fingerprint density at radius 1 is 1.67 bits per heavy atom. The first-order chi connectivity index (χ1) is 7.20. The molecule has 4 nitrogen and oxygen atoms in total. The standard InChI is InChI=1S/C10H14N2O2S/c11-9(10(13)14)3-5-15-7-8-2-1-4-12-6-8/h1-2,4,6,9H,3,5,7,11H2,(H,13,14). The Bertz CT molecular complexity index is 306. The summed E-state index contributed by atoms with van der Waals surface area (Å²) in [5.74, 6) is 0.666. The van der Waals surface area contributed by atoms with Gasteiger partial charge in [0.1, 0.15) is 6.04 Å². The summed E-state index contributed by atoms with van der Waals surface area (Å²) in [6, 6.07) is 3.14. The smallest absolute Gasteiger partial charge is 0.320 e. The van der Waals surface area contributed by atoms with Gasteiger partial charge in [-0.3, -0.25) is 9.78 Å². The van der Waals surface area contributed by atoms with Crippen molar-refractivity contribution in [3.8, 4) is 0 Å². The third-order valence-electron chi connectivity index (χ3n) is 1.88. The summed E-state index contributed by atoms with van der Waals surface area (Å²) in [6.45, 7) is 0. The molecule has 1 aromatic heterocycles. The van der Waals surface area contributed by atoms with Crippen LogP contribution in [0.3, 0.4) is 0 Å². The minimum atomic E-state index is -0.933. The van der Waals surface area contributed by atoms with E-state index < -0.39 is 12.0 Å². The van der Waals surface area contributed by atoms with E-state index in [0.717, 1.165) is 17.1 Å². The van der Waals surface area contributed by atoms with E-state index >= 15 is 0 Å². The number of rotatable bonds is 6. The van der Waals surface area contributed by atoms with Crippen LogP contribution in [-0.2, 0) is 10.5 Å². The number of aliphatic carboxylic acids is 1. The van der Waals surface area contributed by atoms with Gasteiger partial charge in [-0.15, -0.1) is 0 Å². The van der Waals surface area contributed by atoms with Crippen LogP contribution in [0.1, 0.15) is 12.0 Å². The molecule has 0 saturated carbocycles. The molecular formula is C10H14N2O2S. The van der Waals surface area contributed by atoms with Crippen molar-refractivity contribution in [3.05, 3.63) is 30.1 Å². The molecule has 0 amide bonds. The van der Waals surface area contributed by atoms with Crippen molar-refractivity contribution in [1.82, 2.24) is 4.98 Å². The SMILES string of the molecule is NC(CCSCc1cccnc1)C(=O)O. The number of thioether (sulfide) groups is 1. The highest BCUT2D eigenvalue weighted by molar-refractivity contribution is 7.98. The van der Waals surface area contributed by atoms with Crippen LogP contribution in [0.5, 0.6) is 0 Å². The molecule has 0 saturated heterocycles. The van der Waals surface area contributed by atoms with Crippen molar-refractivity contribution in [2.75, 3.05) is 5.75 Å². The molecule has 1 aromatic rings. The van der Waals surface area contributed by atoms with E-state index in [0.29, 0.717) is 6.42 Å². The fourth-order valence-electron chi connectivity index (χ4n) is 1.01. The van der Waals surface area contributed by atoms with E-state index in [1.54, 1.807) is 18.0 Å². The molecule has 0 aliphatic rings. The van der Waals surface area contributed by atoms with Crippen LogP contribution in [0.4, 0.5) is 0 Å². The average Bonchev–Trinajstić information content (AvgIpc) is 2.25. The van der Waals surface area contributed by atoms with Crippen molar-refractivity contribution in [1.29, 1.82) is 0 Å². The van der Waals surface area contributed by atoms with Gasteiger partial charge < -0.3 is 10.8 Å². The fraction of sp³-hybridized carbons (Fsp3) is 0.400. The lowest BCUT2D eigenvalue weighted by atomic mass is 10.2. The highest BCUT2D eigenvalue weighted by atomic mass is 32.2. The molecule has 1 unspecified atom stereocenters. The maximum Gasteiger partial charge on any atom is 0.320 e. The van der Waals surface area contributed by atoms with Gasteiger partial charge in [-0.1, -0.05) is 6.07 Å². The predicted octanol–water partition coefficient (Wildman–Crippen LogP) is 1.12. The molecule has 0 aliphatic heterocycles. The highest BCUT2D eigenvalue weighted by Crippen LogP contribution is 2.12. The van der Waals surface area contributed by atoms with Crippen LogP contribution < -0.4 is 5.73 Å². The van der Waals surface area contributed by atoms with Gasteiger partial charge in [0, 0.05) is 18.1 Å². The average molecular weight is 226 g/mol. The molecule has 0 radical (unpaired) electrons. The molecule has 1 atom stereocenters. The van der Waals surface area contributed by atoms with Gasteiger partial charge >= 0.3 is 5.97 Å². The summed E-state index contributed by atoms with van der Waals surface area (Å²) in [5, 5.41) is 8.55. The van der Waals surface area contributed by atoms with Crippen molar-refractivity contribution in [2.45, 2.75) is 18.2 Å². The summed E-state index contributed by atoms with van der Waals surface area (Å²) in [6.07, 6.45) is 4.04. The molecule has 0 aromatic carbocycles. The van der Waals surface area contributed by atoms with Gasteiger partial charge in [0.25, 0.3) is 0 Å². The van der Waals surface area contributed by atoms with E-state index in [1.165, 1.54) is 0 Å². The summed E-state index contributed by atoms with van der Waals surface area (Å²) < 4.78 is 0. The molecule has 3 N–H and O–H groups in total. The highest BCUT2D eigenvalue weighted by Gasteiger charge is 2.10. The Hall–Kier alpha value is -1.07. The van der Waals surface area contributed by atoms with Crippen LogP contribution in [-0.4, -0.2) is 27.9 Å². The van der Waals surface area contributed by atoms with E-state index in [4.69, 9.17) is 10.8 Å². The first-order valence-electron chi connectivity index (χ1n) is 4.65. The van der Waals surface area contributed by atoms with Crippen LogP contribution in [0.2, 0.25) is 0 Å². The number of carboxylic acid groups (broad SMARTS) is 1. The maximum absolute atomic E-state index is 10.4. The molecular weight excluding hydrogens is 212 g/mol. The van der Waals surface area contributed by atoms with Crippen LogP contribution in [0, 0.1) is 0 Å². The molecule has 1 heterocycles. The predicted molar refractivity (Wildman–Crippen MR) is 60.6 cm³/mol. The lowest BCUT2D eigenvalue weighted by Gasteiger charge is -2.05. The second-order valence-corrected chi connectivity index (χ2v) is 4.25. The lowest BCUT2D eigenvalue weighted by molar-refractivity contribution is -0.138. The third-order valence-corrected chi connectivity index (χ3v) is 2.94. The van der Waals surface area contributed by atoms with Gasteiger partial charge in [-0.05, 0) is 23.8 Å². The molecule has 0 bridgehead atoms. The monoisotopic (exact) mass is 226 g/mol. The second-order valence-electron chi connectivity index (χ2n) is 3.15. The zero-order chi connectivity index (χ0) is 11.1. The fourth-order valence-corrected chi connectivity index (χ4v) is 1.98. The quantitative estimate of drug-likeness (QED) is 0.711. The van der Waals surface area contributed by atoms with Gasteiger partial charge in [0.05, 0.1) is 0 Å². The molecule has 82 valence electrons. The number of nitrogens with zero attached hydrogens (tertiary/aromatic N) is 1. The summed E-state index contributed by atoms with van der Waals surface area (Å²) in [5.41, 5.74) is 6.52. The van der Waals surface area contributed by atoms with Crippen molar-refractivity contribution in [3.63, 3.8) is 0 Å². The lowest BCUT2D eigenvalue weighted by Crippen LogP contribution is -2.30. The van der Waals surface area contributed by atoms with Gasteiger partial charge in [-0.25, -0.2) is 0 Å². The van der Waals surface area contributed by atoms with Crippen LogP contribution in [0.15, 0.2) is 24.5 Å². The molecule has 5 heteroatoms. The minimum absolute atomic E-state index is 0.500.